The third kappa shape index (κ3) is 2.36. The number of benzene rings is 1. The van der Waals surface area contributed by atoms with Gasteiger partial charge in [-0.25, -0.2) is 0 Å². The number of methoxy groups -OCH3 is 1. The zero-order valence-electron chi connectivity index (χ0n) is 12.1. The van der Waals surface area contributed by atoms with Crippen LogP contribution in [0.25, 0.3) is 11.0 Å². The van der Waals surface area contributed by atoms with Gasteiger partial charge in [0, 0.05) is 18.7 Å². The summed E-state index contributed by atoms with van der Waals surface area (Å²) in [6.45, 7) is 5.06. The van der Waals surface area contributed by atoms with Gasteiger partial charge in [-0.3, -0.25) is 0 Å². The van der Waals surface area contributed by atoms with Gasteiger partial charge in [-0.2, -0.15) is 0 Å². The van der Waals surface area contributed by atoms with E-state index in [0.717, 1.165) is 41.0 Å². The van der Waals surface area contributed by atoms with E-state index in [-0.39, 0.29) is 5.60 Å². The SMILES string of the molecule is COc1ccc2c(c1)[nH]c(=S)n2C1CCOC(C)(C)C1. The fourth-order valence-corrected chi connectivity index (χ4v) is 3.38. The molecule has 2 heterocycles. The number of aromatic amines is 1. The van der Waals surface area contributed by atoms with Crippen LogP contribution in [-0.2, 0) is 4.74 Å². The lowest BCUT2D eigenvalue weighted by Gasteiger charge is -2.36. The van der Waals surface area contributed by atoms with Gasteiger partial charge in [0.25, 0.3) is 0 Å². The first-order chi connectivity index (χ1) is 9.50. The summed E-state index contributed by atoms with van der Waals surface area (Å²) in [5.74, 6) is 0.841. The Morgan fingerprint density at radius 3 is 2.95 bits per heavy atom. The van der Waals surface area contributed by atoms with Gasteiger partial charge in [0.1, 0.15) is 5.75 Å². The summed E-state index contributed by atoms with van der Waals surface area (Å²) < 4.78 is 14.1. The Labute approximate surface area is 123 Å². The summed E-state index contributed by atoms with van der Waals surface area (Å²) >= 11 is 5.51. The molecule has 1 fully saturated rings. The van der Waals surface area contributed by atoms with Crippen molar-refractivity contribution in [2.75, 3.05) is 13.7 Å². The maximum absolute atomic E-state index is 5.80. The van der Waals surface area contributed by atoms with Gasteiger partial charge in [0.2, 0.25) is 0 Å². The van der Waals surface area contributed by atoms with Crippen LogP contribution in [0.15, 0.2) is 18.2 Å². The van der Waals surface area contributed by atoms with Crippen molar-refractivity contribution in [2.45, 2.75) is 38.3 Å². The van der Waals surface area contributed by atoms with Crippen LogP contribution in [0.4, 0.5) is 0 Å². The van der Waals surface area contributed by atoms with Crippen molar-refractivity contribution >= 4 is 23.3 Å². The van der Waals surface area contributed by atoms with E-state index in [1.54, 1.807) is 7.11 Å². The molecule has 1 atom stereocenters. The topological polar surface area (TPSA) is 39.2 Å². The molecule has 0 saturated carbocycles. The summed E-state index contributed by atoms with van der Waals surface area (Å²) in [7, 11) is 1.67. The third-order valence-electron chi connectivity index (χ3n) is 3.96. The Hall–Kier alpha value is -1.33. The molecule has 1 aromatic carbocycles. The highest BCUT2D eigenvalue weighted by atomic mass is 32.1. The molecule has 2 aromatic rings. The molecule has 3 rings (SSSR count). The van der Waals surface area contributed by atoms with E-state index < -0.39 is 0 Å². The maximum atomic E-state index is 5.80. The summed E-state index contributed by atoms with van der Waals surface area (Å²) in [6, 6.07) is 6.43. The molecule has 1 aliphatic heterocycles. The number of hydrogen-bond acceptors (Lipinski definition) is 3. The zero-order chi connectivity index (χ0) is 14.3. The number of imidazole rings is 1. The number of nitrogens with one attached hydrogen (secondary N) is 1. The predicted molar refractivity (Wildman–Crippen MR) is 82.0 cm³/mol. The first-order valence-corrected chi connectivity index (χ1v) is 7.33. The Bertz CT molecular complexity index is 687. The molecule has 1 N–H and O–H groups in total. The molecule has 1 aromatic heterocycles. The van der Waals surface area contributed by atoms with Crippen molar-refractivity contribution in [3.8, 4) is 5.75 Å². The van der Waals surface area contributed by atoms with Gasteiger partial charge in [-0.15, -0.1) is 0 Å². The Morgan fingerprint density at radius 1 is 1.45 bits per heavy atom. The number of fused-ring (bicyclic) bond motifs is 1. The minimum atomic E-state index is -0.0895. The average Bonchev–Trinajstić information content (AvgIpc) is 2.72. The molecule has 4 nitrogen and oxygen atoms in total. The number of hydrogen-bond donors (Lipinski definition) is 1. The molecule has 108 valence electrons. The van der Waals surface area contributed by atoms with E-state index in [1.165, 1.54) is 0 Å². The summed E-state index contributed by atoms with van der Waals surface area (Å²) in [5.41, 5.74) is 2.07. The van der Waals surface area contributed by atoms with Crippen LogP contribution in [-0.4, -0.2) is 28.9 Å². The normalized spacial score (nSPS) is 22.1. The summed E-state index contributed by atoms with van der Waals surface area (Å²) in [6.07, 6.45) is 1.97. The molecule has 5 heteroatoms. The monoisotopic (exact) mass is 292 g/mol. The minimum Gasteiger partial charge on any atom is -0.497 e. The largest absolute Gasteiger partial charge is 0.497 e. The number of nitrogens with zero attached hydrogens (tertiary/aromatic N) is 1. The molecular formula is C15H20N2O2S. The van der Waals surface area contributed by atoms with Gasteiger partial charge >= 0.3 is 0 Å². The van der Waals surface area contributed by atoms with Crippen molar-refractivity contribution in [3.05, 3.63) is 23.0 Å². The second-order valence-electron chi connectivity index (χ2n) is 5.94. The fourth-order valence-electron chi connectivity index (χ4n) is 3.02. The lowest BCUT2D eigenvalue weighted by molar-refractivity contribution is -0.0687. The van der Waals surface area contributed by atoms with Crippen LogP contribution in [0.2, 0.25) is 0 Å². The van der Waals surface area contributed by atoms with Gasteiger partial charge in [-0.05, 0) is 51.0 Å². The first kappa shape index (κ1) is 13.6. The van der Waals surface area contributed by atoms with E-state index in [4.69, 9.17) is 21.7 Å². The predicted octanol–water partition coefficient (Wildman–Crippen LogP) is 3.84. The van der Waals surface area contributed by atoms with Crippen LogP contribution >= 0.6 is 12.2 Å². The molecule has 1 saturated heterocycles. The highest BCUT2D eigenvalue weighted by molar-refractivity contribution is 7.71. The maximum Gasteiger partial charge on any atom is 0.178 e. The fraction of sp³-hybridized carbons (Fsp3) is 0.533. The Balaban J connectivity index is 2.07. The van der Waals surface area contributed by atoms with Crippen LogP contribution in [0.1, 0.15) is 32.7 Å². The van der Waals surface area contributed by atoms with E-state index in [2.05, 4.69) is 29.5 Å². The molecular weight excluding hydrogens is 272 g/mol. The number of H-pyrrole nitrogens is 1. The molecule has 0 bridgehead atoms. The van der Waals surface area contributed by atoms with Crippen LogP contribution in [0, 0.1) is 4.77 Å². The molecule has 0 spiro atoms. The average molecular weight is 292 g/mol. The Kier molecular flexibility index (Phi) is 3.34. The number of rotatable bonds is 2. The van der Waals surface area contributed by atoms with Gasteiger partial charge < -0.3 is 19.0 Å². The van der Waals surface area contributed by atoms with Crippen LogP contribution in [0.5, 0.6) is 5.75 Å². The smallest absolute Gasteiger partial charge is 0.178 e. The third-order valence-corrected chi connectivity index (χ3v) is 4.26. The molecule has 0 amide bonds. The van der Waals surface area contributed by atoms with Crippen molar-refractivity contribution in [3.63, 3.8) is 0 Å². The molecule has 0 aliphatic carbocycles. The quantitative estimate of drug-likeness (QED) is 0.855. The Morgan fingerprint density at radius 2 is 2.25 bits per heavy atom. The van der Waals surface area contributed by atoms with Crippen molar-refractivity contribution < 1.29 is 9.47 Å². The van der Waals surface area contributed by atoms with E-state index >= 15 is 0 Å². The number of ether oxygens (including phenoxy) is 2. The molecule has 20 heavy (non-hydrogen) atoms. The second kappa shape index (κ2) is 4.90. The van der Waals surface area contributed by atoms with Crippen LogP contribution in [0.3, 0.4) is 0 Å². The lowest BCUT2D eigenvalue weighted by Crippen LogP contribution is -2.35. The van der Waals surface area contributed by atoms with E-state index in [1.807, 2.05) is 12.1 Å². The molecule has 1 aliphatic rings. The van der Waals surface area contributed by atoms with Gasteiger partial charge in [-0.1, -0.05) is 0 Å². The van der Waals surface area contributed by atoms with Crippen LogP contribution < -0.4 is 4.74 Å². The summed E-state index contributed by atoms with van der Waals surface area (Å²) in [5, 5.41) is 0. The van der Waals surface area contributed by atoms with E-state index in [0.29, 0.717) is 6.04 Å². The zero-order valence-corrected chi connectivity index (χ0v) is 12.9. The van der Waals surface area contributed by atoms with Crippen molar-refractivity contribution in [1.82, 2.24) is 9.55 Å². The van der Waals surface area contributed by atoms with Gasteiger partial charge in [0.05, 0.1) is 23.7 Å². The highest BCUT2D eigenvalue weighted by Gasteiger charge is 2.30. The number of aromatic nitrogens is 2. The summed E-state index contributed by atoms with van der Waals surface area (Å²) in [4.78, 5) is 3.28. The van der Waals surface area contributed by atoms with Crippen molar-refractivity contribution in [1.29, 1.82) is 0 Å². The minimum absolute atomic E-state index is 0.0895. The van der Waals surface area contributed by atoms with Gasteiger partial charge in [0.15, 0.2) is 4.77 Å². The first-order valence-electron chi connectivity index (χ1n) is 6.92. The molecule has 1 unspecified atom stereocenters. The van der Waals surface area contributed by atoms with Crippen molar-refractivity contribution in [2.24, 2.45) is 0 Å². The van der Waals surface area contributed by atoms with E-state index in [9.17, 15) is 0 Å². The lowest BCUT2D eigenvalue weighted by atomic mass is 9.93. The second-order valence-corrected chi connectivity index (χ2v) is 6.32. The highest BCUT2D eigenvalue weighted by Crippen LogP contribution is 2.34. The standard InChI is InChI=1S/C15H20N2O2S/c1-15(2)9-10(6-7-19-15)17-13-5-4-11(18-3)8-12(13)16-14(17)20/h4-5,8,10H,6-7,9H2,1-3H3,(H,16,20). The molecule has 0 radical (unpaired) electrons.